The summed E-state index contributed by atoms with van der Waals surface area (Å²) in [6, 6.07) is 21.9. The standard InChI is InChI=1S/C24H21N3O3/c1-3-27-24(29)21-7-5-4-6-20(21)22(26-27)23(28)25-17-10-14-19(15-11-17)30-18-12-8-16(2)9-13-18/h4-15H,3H2,1-2H3,(H,25,28). The highest BCUT2D eigenvalue weighted by molar-refractivity contribution is 6.11. The number of hydrogen-bond donors (Lipinski definition) is 1. The van der Waals surface area contributed by atoms with E-state index in [1.165, 1.54) is 4.68 Å². The molecule has 0 radical (unpaired) electrons. The van der Waals surface area contributed by atoms with Crippen molar-refractivity contribution in [1.29, 1.82) is 0 Å². The van der Waals surface area contributed by atoms with Gasteiger partial charge in [-0.05, 0) is 56.3 Å². The van der Waals surface area contributed by atoms with Crippen LogP contribution in [0, 0.1) is 6.92 Å². The minimum atomic E-state index is -0.374. The summed E-state index contributed by atoms with van der Waals surface area (Å²) in [5.41, 5.74) is 1.78. The minimum absolute atomic E-state index is 0.206. The third-order valence-electron chi connectivity index (χ3n) is 4.75. The lowest BCUT2D eigenvalue weighted by molar-refractivity contribution is 0.102. The van der Waals surface area contributed by atoms with Crippen molar-refractivity contribution in [2.24, 2.45) is 0 Å². The van der Waals surface area contributed by atoms with Gasteiger partial charge in [0, 0.05) is 17.6 Å². The second kappa shape index (κ2) is 8.21. The summed E-state index contributed by atoms with van der Waals surface area (Å²) >= 11 is 0. The van der Waals surface area contributed by atoms with Gasteiger partial charge in [0.25, 0.3) is 11.5 Å². The van der Waals surface area contributed by atoms with Crippen LogP contribution in [-0.2, 0) is 6.54 Å². The zero-order valence-electron chi connectivity index (χ0n) is 16.8. The van der Waals surface area contributed by atoms with Crippen LogP contribution in [0.3, 0.4) is 0 Å². The van der Waals surface area contributed by atoms with Gasteiger partial charge in [0.15, 0.2) is 5.69 Å². The molecule has 0 unspecified atom stereocenters. The predicted molar refractivity (Wildman–Crippen MR) is 117 cm³/mol. The number of carbonyl (C=O) groups is 1. The summed E-state index contributed by atoms with van der Waals surface area (Å²) in [4.78, 5) is 25.3. The van der Waals surface area contributed by atoms with E-state index in [9.17, 15) is 9.59 Å². The fourth-order valence-electron chi connectivity index (χ4n) is 3.16. The summed E-state index contributed by atoms with van der Waals surface area (Å²) < 4.78 is 7.12. The average molecular weight is 399 g/mol. The van der Waals surface area contributed by atoms with E-state index in [1.807, 2.05) is 38.1 Å². The summed E-state index contributed by atoms with van der Waals surface area (Å²) in [5.74, 6) is 1.04. The molecule has 0 bridgehead atoms. The van der Waals surface area contributed by atoms with Gasteiger partial charge in [-0.25, -0.2) is 4.68 Å². The average Bonchev–Trinajstić information content (AvgIpc) is 2.77. The van der Waals surface area contributed by atoms with E-state index in [1.54, 1.807) is 48.5 Å². The molecule has 1 aromatic heterocycles. The number of hydrogen-bond acceptors (Lipinski definition) is 4. The number of fused-ring (bicyclic) bond motifs is 1. The van der Waals surface area contributed by atoms with Crippen LogP contribution < -0.4 is 15.6 Å². The Hall–Kier alpha value is -3.93. The number of aromatic nitrogens is 2. The molecule has 0 saturated carbocycles. The fraction of sp³-hybridized carbons (Fsp3) is 0.125. The molecule has 0 saturated heterocycles. The monoisotopic (exact) mass is 399 g/mol. The van der Waals surface area contributed by atoms with Gasteiger partial charge in [0.1, 0.15) is 11.5 Å². The van der Waals surface area contributed by atoms with Crippen LogP contribution >= 0.6 is 0 Å². The van der Waals surface area contributed by atoms with Gasteiger partial charge < -0.3 is 10.1 Å². The molecule has 0 aliphatic heterocycles. The number of ether oxygens (including phenoxy) is 1. The molecule has 0 atom stereocenters. The van der Waals surface area contributed by atoms with Crippen molar-refractivity contribution in [1.82, 2.24) is 9.78 Å². The van der Waals surface area contributed by atoms with Crippen molar-refractivity contribution in [2.75, 3.05) is 5.32 Å². The highest BCUT2D eigenvalue weighted by Crippen LogP contribution is 2.24. The van der Waals surface area contributed by atoms with E-state index >= 15 is 0 Å². The van der Waals surface area contributed by atoms with Gasteiger partial charge >= 0.3 is 0 Å². The number of carbonyl (C=O) groups excluding carboxylic acids is 1. The van der Waals surface area contributed by atoms with Gasteiger partial charge in [0.05, 0.1) is 5.39 Å². The highest BCUT2D eigenvalue weighted by atomic mass is 16.5. The van der Waals surface area contributed by atoms with Gasteiger partial charge in [-0.1, -0.05) is 35.9 Å². The van der Waals surface area contributed by atoms with Gasteiger partial charge in [0.2, 0.25) is 0 Å². The molecule has 150 valence electrons. The van der Waals surface area contributed by atoms with E-state index in [2.05, 4.69) is 10.4 Å². The third kappa shape index (κ3) is 3.93. The van der Waals surface area contributed by atoms with E-state index in [0.29, 0.717) is 28.8 Å². The first-order valence-corrected chi connectivity index (χ1v) is 9.71. The Labute approximate surface area is 173 Å². The normalized spacial score (nSPS) is 10.7. The maximum Gasteiger partial charge on any atom is 0.276 e. The molecule has 3 aromatic carbocycles. The molecule has 1 amide bonds. The molecule has 6 heteroatoms. The molecular weight excluding hydrogens is 378 g/mol. The van der Waals surface area contributed by atoms with Crippen molar-refractivity contribution in [2.45, 2.75) is 20.4 Å². The summed E-state index contributed by atoms with van der Waals surface area (Å²) in [6.45, 7) is 4.22. The SMILES string of the molecule is CCn1nc(C(=O)Nc2ccc(Oc3ccc(C)cc3)cc2)c2ccccc2c1=O. The van der Waals surface area contributed by atoms with Crippen molar-refractivity contribution in [3.05, 3.63) is 94.4 Å². The summed E-state index contributed by atoms with van der Waals surface area (Å²) in [7, 11) is 0. The second-order valence-electron chi connectivity index (χ2n) is 6.91. The Morgan fingerprint density at radius 2 is 1.53 bits per heavy atom. The minimum Gasteiger partial charge on any atom is -0.457 e. The number of rotatable bonds is 5. The van der Waals surface area contributed by atoms with Crippen LogP contribution in [0.1, 0.15) is 23.0 Å². The molecule has 0 spiro atoms. The van der Waals surface area contributed by atoms with Crippen molar-refractivity contribution >= 4 is 22.4 Å². The first-order valence-electron chi connectivity index (χ1n) is 9.71. The van der Waals surface area contributed by atoms with Gasteiger partial charge in [-0.15, -0.1) is 0 Å². The third-order valence-corrected chi connectivity index (χ3v) is 4.75. The second-order valence-corrected chi connectivity index (χ2v) is 6.91. The van der Waals surface area contributed by atoms with E-state index in [4.69, 9.17) is 4.74 Å². The molecule has 0 aliphatic carbocycles. The number of nitrogens with zero attached hydrogens (tertiary/aromatic N) is 2. The van der Waals surface area contributed by atoms with Crippen LogP contribution in [0.25, 0.3) is 10.8 Å². The maximum atomic E-state index is 12.9. The Bertz CT molecular complexity index is 1260. The molecule has 1 heterocycles. The lowest BCUT2D eigenvalue weighted by Gasteiger charge is -2.11. The Kier molecular flexibility index (Phi) is 5.30. The van der Waals surface area contributed by atoms with Crippen LogP contribution in [0.2, 0.25) is 0 Å². The number of benzene rings is 3. The highest BCUT2D eigenvalue weighted by Gasteiger charge is 2.16. The Morgan fingerprint density at radius 3 is 2.17 bits per heavy atom. The first kappa shape index (κ1) is 19.4. The van der Waals surface area contributed by atoms with Gasteiger partial charge in [-0.2, -0.15) is 5.10 Å². The molecule has 30 heavy (non-hydrogen) atoms. The number of aryl methyl sites for hydroxylation is 2. The van der Waals surface area contributed by atoms with Crippen molar-refractivity contribution < 1.29 is 9.53 Å². The quantitative estimate of drug-likeness (QED) is 0.525. The maximum absolute atomic E-state index is 12.9. The molecule has 1 N–H and O–H groups in total. The molecule has 0 aliphatic rings. The topological polar surface area (TPSA) is 73.2 Å². The number of anilines is 1. The molecule has 4 aromatic rings. The van der Waals surface area contributed by atoms with Crippen molar-refractivity contribution in [3.8, 4) is 11.5 Å². The van der Waals surface area contributed by atoms with Crippen LogP contribution in [-0.4, -0.2) is 15.7 Å². The number of amides is 1. The predicted octanol–water partition coefficient (Wildman–Crippen LogP) is 4.77. The zero-order valence-corrected chi connectivity index (χ0v) is 16.8. The molecular formula is C24H21N3O3. The molecule has 0 fully saturated rings. The fourth-order valence-corrected chi connectivity index (χ4v) is 3.16. The lowest BCUT2D eigenvalue weighted by atomic mass is 10.1. The largest absolute Gasteiger partial charge is 0.457 e. The van der Waals surface area contributed by atoms with Crippen LogP contribution in [0.15, 0.2) is 77.6 Å². The zero-order chi connectivity index (χ0) is 21.1. The lowest BCUT2D eigenvalue weighted by Crippen LogP contribution is -2.27. The first-order chi connectivity index (χ1) is 14.5. The summed E-state index contributed by atoms with van der Waals surface area (Å²) in [6.07, 6.45) is 0. The summed E-state index contributed by atoms with van der Waals surface area (Å²) in [5, 5.41) is 8.12. The van der Waals surface area contributed by atoms with Crippen LogP contribution in [0.4, 0.5) is 5.69 Å². The van der Waals surface area contributed by atoms with Crippen LogP contribution in [0.5, 0.6) is 11.5 Å². The van der Waals surface area contributed by atoms with Crippen molar-refractivity contribution in [3.63, 3.8) is 0 Å². The van der Waals surface area contributed by atoms with Gasteiger partial charge in [-0.3, -0.25) is 9.59 Å². The Balaban J connectivity index is 1.56. The Morgan fingerprint density at radius 1 is 0.933 bits per heavy atom. The van der Waals surface area contributed by atoms with E-state index < -0.39 is 0 Å². The number of nitrogens with one attached hydrogen (secondary N) is 1. The molecule has 4 rings (SSSR count). The smallest absolute Gasteiger partial charge is 0.276 e. The van der Waals surface area contributed by atoms with E-state index in [-0.39, 0.29) is 17.2 Å². The molecule has 6 nitrogen and oxygen atoms in total. The van der Waals surface area contributed by atoms with E-state index in [0.717, 1.165) is 11.3 Å².